The van der Waals surface area contributed by atoms with Crippen LogP contribution in [-0.4, -0.2) is 44.0 Å². The van der Waals surface area contributed by atoms with Gasteiger partial charge in [0.25, 0.3) is 0 Å². The van der Waals surface area contributed by atoms with Crippen LogP contribution in [0.3, 0.4) is 0 Å². The van der Waals surface area contributed by atoms with Crippen molar-refractivity contribution >= 4 is 11.8 Å². The molecule has 0 spiro atoms. The van der Waals surface area contributed by atoms with Gasteiger partial charge in [-0.15, -0.1) is 0 Å². The van der Waals surface area contributed by atoms with Crippen molar-refractivity contribution in [3.63, 3.8) is 0 Å². The average molecular weight is 322 g/mol. The fraction of sp³-hybridized carbons (Fsp3) is 0.529. The lowest BCUT2D eigenvalue weighted by Crippen LogP contribution is -2.46. The molecule has 0 bridgehead atoms. The molecule has 0 radical (unpaired) electrons. The van der Waals surface area contributed by atoms with Gasteiger partial charge in [-0.25, -0.2) is 4.39 Å². The van der Waals surface area contributed by atoms with Crippen molar-refractivity contribution in [2.75, 3.05) is 27.3 Å². The molecule has 5 nitrogen and oxygen atoms in total. The zero-order valence-corrected chi connectivity index (χ0v) is 13.5. The summed E-state index contributed by atoms with van der Waals surface area (Å²) in [6.45, 7) is 1.13. The third kappa shape index (κ3) is 4.28. The monoisotopic (exact) mass is 322 g/mol. The molecule has 0 aromatic heterocycles. The molecule has 2 amide bonds. The number of halogens is 1. The second-order valence-electron chi connectivity index (χ2n) is 5.78. The molecule has 2 unspecified atom stereocenters. The number of methoxy groups -OCH3 is 1. The van der Waals surface area contributed by atoms with Crippen molar-refractivity contribution in [2.24, 2.45) is 5.92 Å². The van der Waals surface area contributed by atoms with Crippen LogP contribution in [-0.2, 0) is 14.3 Å². The molecule has 1 fully saturated rings. The summed E-state index contributed by atoms with van der Waals surface area (Å²) in [5.74, 6) is -0.734. The number of nitrogens with one attached hydrogen (secondary N) is 1. The number of ether oxygens (including phenoxy) is 1. The van der Waals surface area contributed by atoms with Gasteiger partial charge in [-0.05, 0) is 30.5 Å². The molecule has 2 rings (SSSR count). The van der Waals surface area contributed by atoms with E-state index < -0.39 is 0 Å². The van der Waals surface area contributed by atoms with Crippen molar-refractivity contribution in [3.05, 3.63) is 35.6 Å². The van der Waals surface area contributed by atoms with Crippen LogP contribution >= 0.6 is 0 Å². The molecular formula is C17H23FN2O3. The van der Waals surface area contributed by atoms with Crippen LogP contribution in [0.25, 0.3) is 0 Å². The molecule has 1 N–H and O–H groups in total. The van der Waals surface area contributed by atoms with Crippen LogP contribution in [0.1, 0.15) is 30.9 Å². The molecule has 1 aliphatic rings. The highest BCUT2D eigenvalue weighted by Crippen LogP contribution is 2.35. The quantitative estimate of drug-likeness (QED) is 0.814. The average Bonchev–Trinajstić information content (AvgIpc) is 2.55. The lowest BCUT2D eigenvalue weighted by molar-refractivity contribution is -0.141. The number of benzene rings is 1. The molecule has 0 saturated carbocycles. The van der Waals surface area contributed by atoms with Crippen LogP contribution in [0.5, 0.6) is 0 Å². The second-order valence-corrected chi connectivity index (χ2v) is 5.78. The molecule has 2 atom stereocenters. The van der Waals surface area contributed by atoms with Gasteiger partial charge in [0.15, 0.2) is 0 Å². The van der Waals surface area contributed by atoms with Crippen LogP contribution in [0.4, 0.5) is 4.39 Å². The normalized spacial score (nSPS) is 21.3. The minimum atomic E-state index is -0.362. The van der Waals surface area contributed by atoms with Crippen molar-refractivity contribution < 1.29 is 18.7 Å². The highest BCUT2D eigenvalue weighted by Gasteiger charge is 2.38. The summed E-state index contributed by atoms with van der Waals surface area (Å²) in [7, 11) is 3.31. The van der Waals surface area contributed by atoms with E-state index in [4.69, 9.17) is 4.74 Å². The zero-order chi connectivity index (χ0) is 16.8. The summed E-state index contributed by atoms with van der Waals surface area (Å²) in [5, 5.41) is 2.90. The Hall–Kier alpha value is -1.95. The minimum absolute atomic E-state index is 0.00255. The van der Waals surface area contributed by atoms with E-state index in [2.05, 4.69) is 5.32 Å². The second kappa shape index (κ2) is 8.06. The summed E-state index contributed by atoms with van der Waals surface area (Å²) < 4.78 is 18.1. The van der Waals surface area contributed by atoms with Crippen molar-refractivity contribution in [1.82, 2.24) is 10.2 Å². The third-order valence-electron chi connectivity index (χ3n) is 4.23. The first kappa shape index (κ1) is 17.4. The van der Waals surface area contributed by atoms with E-state index in [-0.39, 0.29) is 29.6 Å². The number of nitrogens with zero attached hydrogens (tertiary/aromatic N) is 1. The number of carbonyl (C=O) groups excluding carboxylic acids is 2. The molecule has 23 heavy (non-hydrogen) atoms. The fourth-order valence-corrected chi connectivity index (χ4v) is 2.99. The predicted molar refractivity (Wildman–Crippen MR) is 84.1 cm³/mol. The molecule has 1 heterocycles. The Morgan fingerprint density at radius 3 is 2.74 bits per heavy atom. The third-order valence-corrected chi connectivity index (χ3v) is 4.23. The van der Waals surface area contributed by atoms with Crippen molar-refractivity contribution in [1.29, 1.82) is 0 Å². The number of hydrogen-bond acceptors (Lipinski definition) is 3. The highest BCUT2D eigenvalue weighted by atomic mass is 19.1. The van der Waals surface area contributed by atoms with Crippen molar-refractivity contribution in [3.8, 4) is 0 Å². The van der Waals surface area contributed by atoms with Gasteiger partial charge in [-0.1, -0.05) is 12.1 Å². The van der Waals surface area contributed by atoms with E-state index >= 15 is 0 Å². The van der Waals surface area contributed by atoms with Gasteiger partial charge in [-0.2, -0.15) is 0 Å². The van der Waals surface area contributed by atoms with E-state index in [9.17, 15) is 14.0 Å². The summed E-state index contributed by atoms with van der Waals surface area (Å²) in [6.07, 6.45) is 1.59. The Morgan fingerprint density at radius 1 is 1.39 bits per heavy atom. The van der Waals surface area contributed by atoms with Gasteiger partial charge in [-0.3, -0.25) is 9.59 Å². The first-order chi connectivity index (χ1) is 11.0. The number of carbonyl (C=O) groups is 2. The molecule has 6 heteroatoms. The predicted octanol–water partition coefficient (Wildman–Crippen LogP) is 1.89. The van der Waals surface area contributed by atoms with Gasteiger partial charge in [0.2, 0.25) is 11.8 Å². The van der Waals surface area contributed by atoms with Gasteiger partial charge < -0.3 is 15.0 Å². The number of amides is 2. The number of piperidine rings is 1. The first-order valence-corrected chi connectivity index (χ1v) is 7.82. The summed E-state index contributed by atoms with van der Waals surface area (Å²) in [4.78, 5) is 26.1. The number of likely N-dealkylation sites (tertiary alicyclic amines) is 1. The maximum Gasteiger partial charge on any atom is 0.225 e. The van der Waals surface area contributed by atoms with Crippen molar-refractivity contribution in [2.45, 2.75) is 25.3 Å². The minimum Gasteiger partial charge on any atom is -0.385 e. The van der Waals surface area contributed by atoms with E-state index in [1.165, 1.54) is 12.1 Å². The molecule has 1 aromatic carbocycles. The van der Waals surface area contributed by atoms with E-state index in [0.717, 1.165) is 12.0 Å². The molecule has 1 aliphatic heterocycles. The Kier molecular flexibility index (Phi) is 6.10. The van der Waals surface area contributed by atoms with E-state index in [0.29, 0.717) is 26.0 Å². The molecule has 1 saturated heterocycles. The van der Waals surface area contributed by atoms with Crippen LogP contribution in [0.2, 0.25) is 0 Å². The smallest absolute Gasteiger partial charge is 0.225 e. The highest BCUT2D eigenvalue weighted by molar-refractivity contribution is 5.84. The van der Waals surface area contributed by atoms with Gasteiger partial charge in [0, 0.05) is 33.7 Å². The Labute approximate surface area is 135 Å². The van der Waals surface area contributed by atoms with Crippen LogP contribution in [0, 0.1) is 11.7 Å². The van der Waals surface area contributed by atoms with Gasteiger partial charge in [0.05, 0.1) is 12.0 Å². The largest absolute Gasteiger partial charge is 0.385 e. The van der Waals surface area contributed by atoms with E-state index in [1.807, 2.05) is 0 Å². The maximum absolute atomic E-state index is 13.2. The first-order valence-electron chi connectivity index (χ1n) is 7.82. The molecular weight excluding hydrogens is 299 g/mol. The maximum atomic E-state index is 13.2. The summed E-state index contributed by atoms with van der Waals surface area (Å²) in [6, 6.07) is 5.63. The van der Waals surface area contributed by atoms with Crippen LogP contribution in [0.15, 0.2) is 24.3 Å². The zero-order valence-electron chi connectivity index (χ0n) is 13.5. The Balaban J connectivity index is 2.13. The Morgan fingerprint density at radius 2 is 2.09 bits per heavy atom. The number of hydrogen-bond donors (Lipinski definition) is 1. The molecule has 0 aliphatic carbocycles. The summed E-state index contributed by atoms with van der Waals surface area (Å²) >= 11 is 0. The van der Waals surface area contributed by atoms with Gasteiger partial charge in [0.1, 0.15) is 5.82 Å². The van der Waals surface area contributed by atoms with E-state index in [1.54, 1.807) is 31.2 Å². The topological polar surface area (TPSA) is 58.6 Å². The van der Waals surface area contributed by atoms with Gasteiger partial charge >= 0.3 is 0 Å². The lowest BCUT2D eigenvalue weighted by atomic mass is 9.84. The fourth-order valence-electron chi connectivity index (χ4n) is 2.99. The lowest BCUT2D eigenvalue weighted by Gasteiger charge is -2.38. The molecule has 126 valence electrons. The Bertz CT molecular complexity index is 547. The standard InChI is InChI=1S/C17H23FN2O3/c1-20-15(21)9-8-14(17(22)19-10-3-11-23-2)16(20)12-4-6-13(18)7-5-12/h4-7,14,16H,3,8-11H2,1-2H3,(H,19,22). The SMILES string of the molecule is COCCCNC(=O)C1CCC(=O)N(C)C1c1ccc(F)cc1. The van der Waals surface area contributed by atoms with Crippen LogP contribution < -0.4 is 5.32 Å². The number of rotatable bonds is 6. The molecule has 1 aromatic rings. The summed E-state index contributed by atoms with van der Waals surface area (Å²) in [5.41, 5.74) is 0.777.